The number of hydrogen-bond donors (Lipinski definition) is 1. The molecule has 0 aliphatic rings. The normalized spacial score (nSPS) is 10.5. The van der Waals surface area contributed by atoms with Crippen molar-refractivity contribution < 1.29 is 4.92 Å². The van der Waals surface area contributed by atoms with Crippen molar-refractivity contribution in [1.82, 2.24) is 9.78 Å². The summed E-state index contributed by atoms with van der Waals surface area (Å²) in [6.45, 7) is 0. The lowest BCUT2D eigenvalue weighted by atomic mass is 10.1. The molecule has 0 amide bonds. The quantitative estimate of drug-likeness (QED) is 0.540. The van der Waals surface area contributed by atoms with E-state index in [0.717, 1.165) is 27.1 Å². The van der Waals surface area contributed by atoms with Gasteiger partial charge in [-0.05, 0) is 51.3 Å². The third-order valence-electron chi connectivity index (χ3n) is 3.45. The molecular weight excluding hydrogens is 360 g/mol. The first-order valence-corrected chi connectivity index (χ1v) is 7.63. The minimum Gasteiger partial charge on any atom is -0.340 e. The molecule has 0 bridgehead atoms. The van der Waals surface area contributed by atoms with E-state index in [2.05, 4.69) is 26.3 Å². The molecule has 0 fully saturated rings. The molecule has 0 aliphatic carbocycles. The Bertz CT molecular complexity index is 822. The maximum absolute atomic E-state index is 10.7. The van der Waals surface area contributed by atoms with E-state index in [1.165, 1.54) is 12.1 Å². The number of nitro groups is 1. The van der Waals surface area contributed by atoms with Crippen molar-refractivity contribution in [3.05, 3.63) is 69.3 Å². The second-order valence-corrected chi connectivity index (χ2v) is 5.83. The van der Waals surface area contributed by atoms with E-state index in [1.54, 1.807) is 23.0 Å². The van der Waals surface area contributed by atoms with Crippen LogP contribution >= 0.6 is 15.9 Å². The van der Waals surface area contributed by atoms with Crippen LogP contribution < -0.4 is 5.32 Å². The zero-order valence-corrected chi connectivity index (χ0v) is 13.8. The zero-order chi connectivity index (χ0) is 16.4. The molecule has 3 aromatic rings. The van der Waals surface area contributed by atoms with Gasteiger partial charge in [0.25, 0.3) is 5.69 Å². The van der Waals surface area contributed by atoms with Crippen molar-refractivity contribution in [2.45, 2.75) is 0 Å². The van der Waals surface area contributed by atoms with Crippen LogP contribution in [0.15, 0.2) is 59.2 Å². The SMILES string of the molecule is Cn1ncc(Br)c1Nc1ccc(-c2ccc([N+](=O)[O-])cc2)cc1. The second kappa shape index (κ2) is 6.21. The molecule has 23 heavy (non-hydrogen) atoms. The Morgan fingerprint density at radius 3 is 2.13 bits per heavy atom. The van der Waals surface area contributed by atoms with Crippen molar-refractivity contribution >= 4 is 33.1 Å². The van der Waals surface area contributed by atoms with Crippen LogP contribution in [-0.2, 0) is 7.05 Å². The first-order chi connectivity index (χ1) is 11.0. The summed E-state index contributed by atoms with van der Waals surface area (Å²) in [6, 6.07) is 14.4. The Labute approximate surface area is 141 Å². The molecule has 2 aromatic carbocycles. The fraction of sp³-hybridized carbons (Fsp3) is 0.0625. The molecule has 116 valence electrons. The molecule has 1 N–H and O–H groups in total. The molecule has 1 aromatic heterocycles. The van der Waals surface area contributed by atoms with Gasteiger partial charge in [-0.25, -0.2) is 0 Å². The van der Waals surface area contributed by atoms with Gasteiger partial charge in [0, 0.05) is 24.9 Å². The highest BCUT2D eigenvalue weighted by Gasteiger charge is 2.07. The number of nitrogens with zero attached hydrogens (tertiary/aromatic N) is 3. The maximum atomic E-state index is 10.7. The van der Waals surface area contributed by atoms with Crippen LogP contribution in [0.25, 0.3) is 11.1 Å². The first-order valence-electron chi connectivity index (χ1n) is 6.84. The van der Waals surface area contributed by atoms with Crippen LogP contribution in [0.4, 0.5) is 17.2 Å². The van der Waals surface area contributed by atoms with Gasteiger partial charge in [0.15, 0.2) is 0 Å². The highest BCUT2D eigenvalue weighted by Crippen LogP contribution is 2.27. The highest BCUT2D eigenvalue weighted by molar-refractivity contribution is 9.10. The van der Waals surface area contributed by atoms with Gasteiger partial charge in [0.05, 0.1) is 15.6 Å². The summed E-state index contributed by atoms with van der Waals surface area (Å²) in [6.07, 6.45) is 1.73. The van der Waals surface area contributed by atoms with Crippen LogP contribution in [0.1, 0.15) is 0 Å². The molecule has 0 spiro atoms. The molecule has 3 rings (SSSR count). The number of benzene rings is 2. The molecule has 0 unspecified atom stereocenters. The fourth-order valence-corrected chi connectivity index (χ4v) is 2.66. The van der Waals surface area contributed by atoms with Crippen LogP contribution in [0.5, 0.6) is 0 Å². The molecular formula is C16H13BrN4O2. The summed E-state index contributed by atoms with van der Waals surface area (Å²) in [5.41, 5.74) is 2.95. The largest absolute Gasteiger partial charge is 0.340 e. The summed E-state index contributed by atoms with van der Waals surface area (Å²) >= 11 is 3.44. The summed E-state index contributed by atoms with van der Waals surface area (Å²) in [5.74, 6) is 0.869. The summed E-state index contributed by atoms with van der Waals surface area (Å²) in [7, 11) is 1.86. The molecule has 0 atom stereocenters. The van der Waals surface area contributed by atoms with Crippen LogP contribution in [0.3, 0.4) is 0 Å². The molecule has 6 nitrogen and oxygen atoms in total. The topological polar surface area (TPSA) is 73.0 Å². The van der Waals surface area contributed by atoms with Crippen molar-refractivity contribution in [1.29, 1.82) is 0 Å². The predicted molar refractivity (Wildman–Crippen MR) is 92.7 cm³/mol. The Morgan fingerprint density at radius 1 is 1.09 bits per heavy atom. The number of rotatable bonds is 4. The Balaban J connectivity index is 1.80. The summed E-state index contributed by atoms with van der Waals surface area (Å²) < 4.78 is 2.63. The van der Waals surface area contributed by atoms with E-state index >= 15 is 0 Å². The van der Waals surface area contributed by atoms with Crippen molar-refractivity contribution in [3.8, 4) is 11.1 Å². The van der Waals surface area contributed by atoms with Crippen molar-refractivity contribution in [2.75, 3.05) is 5.32 Å². The van der Waals surface area contributed by atoms with Crippen LogP contribution in [-0.4, -0.2) is 14.7 Å². The van der Waals surface area contributed by atoms with E-state index < -0.39 is 4.92 Å². The molecule has 0 saturated carbocycles. The molecule has 0 aliphatic heterocycles. The van der Waals surface area contributed by atoms with E-state index in [-0.39, 0.29) is 5.69 Å². The fourth-order valence-electron chi connectivity index (χ4n) is 2.21. The number of aryl methyl sites for hydroxylation is 1. The number of nitrogens with one attached hydrogen (secondary N) is 1. The molecule has 0 saturated heterocycles. The van der Waals surface area contributed by atoms with Crippen molar-refractivity contribution in [3.63, 3.8) is 0 Å². The summed E-state index contributed by atoms with van der Waals surface area (Å²) in [4.78, 5) is 10.3. The number of non-ortho nitro benzene ring substituents is 1. The smallest absolute Gasteiger partial charge is 0.269 e. The Hall–Kier alpha value is -2.67. The van der Waals surface area contributed by atoms with Gasteiger partial charge >= 0.3 is 0 Å². The number of hydrogen-bond acceptors (Lipinski definition) is 4. The van der Waals surface area contributed by atoms with Gasteiger partial charge in [0.2, 0.25) is 0 Å². The Morgan fingerprint density at radius 2 is 1.65 bits per heavy atom. The average molecular weight is 373 g/mol. The third-order valence-corrected chi connectivity index (χ3v) is 4.03. The van der Waals surface area contributed by atoms with Gasteiger partial charge in [-0.1, -0.05) is 12.1 Å². The predicted octanol–water partition coefficient (Wildman–Crippen LogP) is 4.50. The monoisotopic (exact) mass is 372 g/mol. The Kier molecular flexibility index (Phi) is 4.12. The average Bonchev–Trinajstić information content (AvgIpc) is 2.87. The maximum Gasteiger partial charge on any atom is 0.269 e. The number of anilines is 2. The van der Waals surface area contributed by atoms with E-state index in [9.17, 15) is 10.1 Å². The minimum atomic E-state index is -0.400. The molecule has 1 heterocycles. The first kappa shape index (κ1) is 15.2. The lowest BCUT2D eigenvalue weighted by molar-refractivity contribution is -0.384. The van der Waals surface area contributed by atoms with Gasteiger partial charge in [-0.15, -0.1) is 0 Å². The van der Waals surface area contributed by atoms with E-state index in [4.69, 9.17) is 0 Å². The number of aromatic nitrogens is 2. The van der Waals surface area contributed by atoms with Crippen molar-refractivity contribution in [2.24, 2.45) is 7.05 Å². The van der Waals surface area contributed by atoms with E-state index in [0.29, 0.717) is 0 Å². The lowest BCUT2D eigenvalue weighted by Crippen LogP contribution is -1.99. The lowest BCUT2D eigenvalue weighted by Gasteiger charge is -2.08. The van der Waals surface area contributed by atoms with Crippen LogP contribution in [0.2, 0.25) is 0 Å². The number of halogens is 1. The highest BCUT2D eigenvalue weighted by atomic mass is 79.9. The van der Waals surface area contributed by atoms with Crippen LogP contribution in [0, 0.1) is 10.1 Å². The van der Waals surface area contributed by atoms with E-state index in [1.807, 2.05) is 31.3 Å². The third kappa shape index (κ3) is 3.24. The minimum absolute atomic E-state index is 0.0908. The second-order valence-electron chi connectivity index (χ2n) is 4.97. The number of nitro benzene ring substituents is 1. The van der Waals surface area contributed by atoms with Gasteiger partial charge in [-0.3, -0.25) is 14.8 Å². The van der Waals surface area contributed by atoms with Gasteiger partial charge in [0.1, 0.15) is 5.82 Å². The van der Waals surface area contributed by atoms with Gasteiger partial charge in [-0.2, -0.15) is 5.10 Å². The zero-order valence-electron chi connectivity index (χ0n) is 12.2. The summed E-state index contributed by atoms with van der Waals surface area (Å²) in [5, 5.41) is 18.1. The standard InChI is InChI=1S/C16H13BrN4O2/c1-20-16(15(17)10-18-20)19-13-6-2-11(3-7-13)12-4-8-14(9-5-12)21(22)23/h2-10,19H,1H3. The molecule has 0 radical (unpaired) electrons. The van der Waals surface area contributed by atoms with Gasteiger partial charge < -0.3 is 5.32 Å². The molecule has 7 heteroatoms.